The lowest BCUT2D eigenvalue weighted by atomic mass is 10.1. The maximum atomic E-state index is 5.49. The molecule has 19 heavy (non-hydrogen) atoms. The summed E-state index contributed by atoms with van der Waals surface area (Å²) in [5, 5.41) is 0. The summed E-state index contributed by atoms with van der Waals surface area (Å²) in [7, 11) is 1.78. The zero-order valence-corrected chi connectivity index (χ0v) is 12.6. The van der Waals surface area contributed by atoms with E-state index in [0.29, 0.717) is 0 Å². The van der Waals surface area contributed by atoms with Crippen LogP contribution in [0.1, 0.15) is 37.8 Å². The van der Waals surface area contributed by atoms with Gasteiger partial charge in [-0.05, 0) is 61.9 Å². The van der Waals surface area contributed by atoms with E-state index in [1.54, 1.807) is 7.11 Å². The first kappa shape index (κ1) is 14.4. The van der Waals surface area contributed by atoms with E-state index in [1.165, 1.54) is 56.4 Å². The normalized spacial score (nSPS) is 17.8. The molecule has 2 rings (SSSR count). The first-order valence-corrected chi connectivity index (χ1v) is 7.65. The van der Waals surface area contributed by atoms with E-state index < -0.39 is 0 Å². The minimum Gasteiger partial charge on any atom is -0.496 e. The quantitative estimate of drug-likeness (QED) is 0.744. The molecule has 0 heterocycles. The lowest BCUT2D eigenvalue weighted by molar-refractivity contribution is 0.233. The number of fused-ring (bicyclic) bond motifs is 1. The topological polar surface area (TPSA) is 12.5 Å². The fourth-order valence-corrected chi connectivity index (χ4v) is 3.32. The van der Waals surface area contributed by atoms with E-state index in [0.717, 1.165) is 11.7 Å². The van der Waals surface area contributed by atoms with Crippen molar-refractivity contribution in [1.82, 2.24) is 4.90 Å². The Kier molecular flexibility index (Phi) is 5.26. The lowest BCUT2D eigenvalue weighted by Crippen LogP contribution is -2.31. The lowest BCUT2D eigenvalue weighted by Gasteiger charge is -2.24. The summed E-state index contributed by atoms with van der Waals surface area (Å²) in [6.45, 7) is 8.25. The van der Waals surface area contributed by atoms with Gasteiger partial charge in [-0.1, -0.05) is 26.0 Å². The molecular weight excluding hydrogens is 234 g/mol. The summed E-state index contributed by atoms with van der Waals surface area (Å²) >= 11 is 0. The first-order valence-electron chi connectivity index (χ1n) is 7.65. The van der Waals surface area contributed by atoms with Gasteiger partial charge in [-0.3, -0.25) is 0 Å². The molecule has 0 fully saturated rings. The Bertz CT molecular complexity index is 396. The van der Waals surface area contributed by atoms with Crippen molar-refractivity contribution in [2.45, 2.75) is 39.5 Å². The fourth-order valence-electron chi connectivity index (χ4n) is 3.32. The van der Waals surface area contributed by atoms with Gasteiger partial charge in [0.1, 0.15) is 5.75 Å². The van der Waals surface area contributed by atoms with E-state index in [4.69, 9.17) is 4.74 Å². The van der Waals surface area contributed by atoms with Crippen LogP contribution in [-0.4, -0.2) is 31.6 Å². The van der Waals surface area contributed by atoms with Crippen LogP contribution in [0.15, 0.2) is 18.2 Å². The van der Waals surface area contributed by atoms with Gasteiger partial charge in [0.15, 0.2) is 0 Å². The van der Waals surface area contributed by atoms with Gasteiger partial charge in [-0.2, -0.15) is 0 Å². The standard InChI is InChI=1S/C17H27NO/c1-4-9-18(10-5-2)13-14-11-15-7-6-8-17(19-3)16(15)12-14/h6-8,14H,4-5,9-13H2,1-3H3/t14-/m0/s1. The SMILES string of the molecule is CCCN(CCC)C[C@H]1Cc2cccc(OC)c2C1. The molecule has 0 radical (unpaired) electrons. The van der Waals surface area contributed by atoms with Crippen LogP contribution in [0.25, 0.3) is 0 Å². The summed E-state index contributed by atoms with van der Waals surface area (Å²) in [5.74, 6) is 1.85. The molecule has 0 aliphatic heterocycles. The monoisotopic (exact) mass is 261 g/mol. The summed E-state index contributed by atoms with van der Waals surface area (Å²) in [4.78, 5) is 2.63. The van der Waals surface area contributed by atoms with Gasteiger partial charge >= 0.3 is 0 Å². The molecule has 0 unspecified atom stereocenters. The number of ether oxygens (including phenoxy) is 1. The molecule has 2 nitrogen and oxygen atoms in total. The van der Waals surface area contributed by atoms with Crippen molar-refractivity contribution in [3.63, 3.8) is 0 Å². The van der Waals surface area contributed by atoms with Crippen LogP contribution >= 0.6 is 0 Å². The highest BCUT2D eigenvalue weighted by Crippen LogP contribution is 2.33. The molecule has 1 aromatic rings. The van der Waals surface area contributed by atoms with Gasteiger partial charge in [0.25, 0.3) is 0 Å². The molecule has 106 valence electrons. The summed E-state index contributed by atoms with van der Waals surface area (Å²) < 4.78 is 5.49. The molecule has 0 amide bonds. The molecular formula is C17H27NO. The number of hydrogen-bond acceptors (Lipinski definition) is 2. The summed E-state index contributed by atoms with van der Waals surface area (Å²) in [5.41, 5.74) is 2.94. The smallest absolute Gasteiger partial charge is 0.122 e. The van der Waals surface area contributed by atoms with Crippen LogP contribution in [0.2, 0.25) is 0 Å². The third kappa shape index (κ3) is 3.50. The number of nitrogens with zero attached hydrogens (tertiary/aromatic N) is 1. The van der Waals surface area contributed by atoms with Crippen molar-refractivity contribution in [2.24, 2.45) is 5.92 Å². The number of hydrogen-bond donors (Lipinski definition) is 0. The molecule has 1 aliphatic rings. The van der Waals surface area contributed by atoms with Crippen molar-refractivity contribution in [1.29, 1.82) is 0 Å². The van der Waals surface area contributed by atoms with Crippen molar-refractivity contribution >= 4 is 0 Å². The first-order chi connectivity index (χ1) is 9.28. The second-order valence-corrected chi connectivity index (χ2v) is 5.67. The van der Waals surface area contributed by atoms with Crippen LogP contribution in [0.5, 0.6) is 5.75 Å². The third-order valence-electron chi connectivity index (χ3n) is 4.05. The predicted molar refractivity (Wildman–Crippen MR) is 80.9 cm³/mol. The summed E-state index contributed by atoms with van der Waals surface area (Å²) in [6, 6.07) is 6.48. The second-order valence-electron chi connectivity index (χ2n) is 5.67. The number of benzene rings is 1. The average Bonchev–Trinajstić information content (AvgIpc) is 2.81. The second kappa shape index (κ2) is 6.95. The Balaban J connectivity index is 1.99. The van der Waals surface area contributed by atoms with E-state index in [-0.39, 0.29) is 0 Å². The Labute approximate surface area is 117 Å². The minimum atomic E-state index is 0.768. The Morgan fingerprint density at radius 1 is 1.16 bits per heavy atom. The highest BCUT2D eigenvalue weighted by atomic mass is 16.5. The molecule has 0 N–H and O–H groups in total. The zero-order chi connectivity index (χ0) is 13.7. The van der Waals surface area contributed by atoms with Crippen LogP contribution in [0, 0.1) is 5.92 Å². The average molecular weight is 261 g/mol. The maximum Gasteiger partial charge on any atom is 0.122 e. The fraction of sp³-hybridized carbons (Fsp3) is 0.647. The number of rotatable bonds is 7. The highest BCUT2D eigenvalue weighted by molar-refractivity contribution is 5.43. The van der Waals surface area contributed by atoms with Gasteiger partial charge in [-0.25, -0.2) is 0 Å². The van der Waals surface area contributed by atoms with E-state index in [2.05, 4.69) is 36.9 Å². The summed E-state index contributed by atoms with van der Waals surface area (Å²) in [6.07, 6.45) is 4.91. The van der Waals surface area contributed by atoms with Crippen molar-refractivity contribution in [3.05, 3.63) is 29.3 Å². The maximum absolute atomic E-state index is 5.49. The van der Waals surface area contributed by atoms with Crippen LogP contribution in [-0.2, 0) is 12.8 Å². The Hall–Kier alpha value is -1.02. The van der Waals surface area contributed by atoms with E-state index in [1.807, 2.05) is 0 Å². The molecule has 0 bridgehead atoms. The molecule has 1 aliphatic carbocycles. The molecule has 1 atom stereocenters. The van der Waals surface area contributed by atoms with Gasteiger partial charge in [-0.15, -0.1) is 0 Å². The molecule has 0 saturated heterocycles. The van der Waals surface area contributed by atoms with E-state index in [9.17, 15) is 0 Å². The minimum absolute atomic E-state index is 0.768. The van der Waals surface area contributed by atoms with Crippen molar-refractivity contribution in [3.8, 4) is 5.75 Å². The Morgan fingerprint density at radius 2 is 1.89 bits per heavy atom. The van der Waals surface area contributed by atoms with Crippen molar-refractivity contribution in [2.75, 3.05) is 26.7 Å². The third-order valence-corrected chi connectivity index (χ3v) is 4.05. The van der Waals surface area contributed by atoms with Crippen LogP contribution in [0.4, 0.5) is 0 Å². The van der Waals surface area contributed by atoms with Gasteiger partial charge < -0.3 is 9.64 Å². The molecule has 0 aromatic heterocycles. The van der Waals surface area contributed by atoms with Crippen molar-refractivity contribution < 1.29 is 4.74 Å². The molecule has 2 heteroatoms. The van der Waals surface area contributed by atoms with E-state index >= 15 is 0 Å². The van der Waals surface area contributed by atoms with Gasteiger partial charge in [0.05, 0.1) is 7.11 Å². The molecule has 0 saturated carbocycles. The molecule has 0 spiro atoms. The largest absolute Gasteiger partial charge is 0.496 e. The Morgan fingerprint density at radius 3 is 2.53 bits per heavy atom. The van der Waals surface area contributed by atoms with Gasteiger partial charge in [0.2, 0.25) is 0 Å². The number of methoxy groups -OCH3 is 1. The highest BCUT2D eigenvalue weighted by Gasteiger charge is 2.25. The zero-order valence-electron chi connectivity index (χ0n) is 12.6. The van der Waals surface area contributed by atoms with Gasteiger partial charge in [0, 0.05) is 6.54 Å². The van der Waals surface area contributed by atoms with Crippen LogP contribution < -0.4 is 4.74 Å². The predicted octanol–water partition coefficient (Wildman–Crippen LogP) is 3.53. The molecule has 1 aromatic carbocycles. The van der Waals surface area contributed by atoms with Crippen LogP contribution in [0.3, 0.4) is 0 Å².